The van der Waals surface area contributed by atoms with Crippen molar-refractivity contribution in [2.75, 3.05) is 20.6 Å². The average Bonchev–Trinajstić information content (AvgIpc) is 3.19. The minimum atomic E-state index is -0.592. The average molecular weight is 404 g/mol. The van der Waals surface area contributed by atoms with Crippen molar-refractivity contribution >= 4 is 0 Å². The summed E-state index contributed by atoms with van der Waals surface area (Å²) in [5.74, 6) is 1.85. The molecule has 0 aliphatic heterocycles. The van der Waals surface area contributed by atoms with Crippen LogP contribution in [0, 0.1) is 23.7 Å². The van der Waals surface area contributed by atoms with Gasteiger partial charge in [-0.15, -0.1) is 0 Å². The summed E-state index contributed by atoms with van der Waals surface area (Å²) in [6.45, 7) is 3.21. The van der Waals surface area contributed by atoms with E-state index in [1.54, 1.807) is 5.57 Å². The molecule has 2 N–H and O–H groups in total. The van der Waals surface area contributed by atoms with Gasteiger partial charge in [-0.05, 0) is 96.7 Å². The van der Waals surface area contributed by atoms with Gasteiger partial charge in [-0.3, -0.25) is 0 Å². The molecule has 0 heterocycles. The minimum absolute atomic E-state index is 0.209. The quantitative estimate of drug-likeness (QED) is 0.383. The first-order valence-corrected chi connectivity index (χ1v) is 12.3. The van der Waals surface area contributed by atoms with E-state index in [1.165, 1.54) is 70.8 Å². The number of nitrogens with zero attached hydrogens (tertiary/aromatic N) is 1. The molecule has 0 bridgehead atoms. The van der Waals surface area contributed by atoms with Crippen LogP contribution in [-0.4, -0.2) is 47.5 Å². The van der Waals surface area contributed by atoms with Crippen molar-refractivity contribution in [3.63, 3.8) is 0 Å². The predicted octanol–water partition coefficient (Wildman–Crippen LogP) is 5.33. The maximum absolute atomic E-state index is 11.0. The van der Waals surface area contributed by atoms with Crippen LogP contribution in [-0.2, 0) is 0 Å². The highest BCUT2D eigenvalue weighted by Gasteiger charge is 2.43. The van der Waals surface area contributed by atoms with Crippen LogP contribution in [0.3, 0.4) is 0 Å². The minimum Gasteiger partial charge on any atom is -0.392 e. The summed E-state index contributed by atoms with van der Waals surface area (Å²) in [5.41, 5.74) is 1.04. The zero-order chi connectivity index (χ0) is 20.9. The molecule has 0 spiro atoms. The Kier molecular flexibility index (Phi) is 8.41. The smallest absolute Gasteiger partial charge is 0.0682 e. The number of unbranched alkanes of at least 4 members (excludes halogenated alkanes) is 2. The van der Waals surface area contributed by atoms with E-state index in [-0.39, 0.29) is 12.0 Å². The lowest BCUT2D eigenvalue weighted by Gasteiger charge is -2.35. The van der Waals surface area contributed by atoms with Crippen LogP contribution in [0.1, 0.15) is 84.0 Å². The Morgan fingerprint density at radius 2 is 1.90 bits per heavy atom. The van der Waals surface area contributed by atoms with E-state index in [0.717, 1.165) is 12.8 Å². The Bertz CT molecular complexity index is 559. The summed E-state index contributed by atoms with van der Waals surface area (Å²) in [7, 11) is 4.29. The van der Waals surface area contributed by atoms with Gasteiger partial charge in [0, 0.05) is 5.92 Å². The van der Waals surface area contributed by atoms with E-state index in [2.05, 4.69) is 37.2 Å². The number of aliphatic hydroxyl groups excluding tert-OH is 1. The maximum Gasteiger partial charge on any atom is 0.0682 e. The second kappa shape index (κ2) is 10.6. The molecule has 0 aromatic rings. The summed E-state index contributed by atoms with van der Waals surface area (Å²) in [6, 6.07) is 0. The molecule has 5 atom stereocenters. The molecule has 29 heavy (non-hydrogen) atoms. The van der Waals surface area contributed by atoms with Gasteiger partial charge in [-0.2, -0.15) is 0 Å². The summed E-state index contributed by atoms with van der Waals surface area (Å²) in [4.78, 5) is 2.27. The second-order valence-corrected chi connectivity index (χ2v) is 10.7. The SMILES string of the molecule is CN(C)CCCCCC1=C[C@H]2C[C@@H](O)[C@H](C=CC[C@](C)(O)C3CCCCC3)[C@H]2C1. The Morgan fingerprint density at radius 3 is 2.62 bits per heavy atom. The van der Waals surface area contributed by atoms with Crippen molar-refractivity contribution < 1.29 is 10.2 Å². The molecule has 0 unspecified atom stereocenters. The molecule has 2 fully saturated rings. The van der Waals surface area contributed by atoms with E-state index in [4.69, 9.17) is 0 Å². The molecular formula is C26H45NO2. The van der Waals surface area contributed by atoms with Crippen molar-refractivity contribution in [1.82, 2.24) is 4.90 Å². The normalized spacial score (nSPS) is 32.7. The number of allylic oxidation sites excluding steroid dienone is 2. The van der Waals surface area contributed by atoms with Gasteiger partial charge in [0.05, 0.1) is 11.7 Å². The third-order valence-corrected chi connectivity index (χ3v) is 7.93. The lowest BCUT2D eigenvalue weighted by atomic mass is 9.76. The fraction of sp³-hybridized carbons (Fsp3) is 0.846. The van der Waals surface area contributed by atoms with Crippen LogP contribution in [0.4, 0.5) is 0 Å². The van der Waals surface area contributed by atoms with E-state index in [0.29, 0.717) is 17.8 Å². The number of hydrogen-bond donors (Lipinski definition) is 2. The van der Waals surface area contributed by atoms with Crippen LogP contribution in [0.5, 0.6) is 0 Å². The van der Waals surface area contributed by atoms with Crippen LogP contribution < -0.4 is 0 Å². The Labute approximate surface area is 179 Å². The highest BCUT2D eigenvalue weighted by Crippen LogP contribution is 2.48. The van der Waals surface area contributed by atoms with Gasteiger partial charge >= 0.3 is 0 Å². The molecule has 3 aliphatic carbocycles. The summed E-state index contributed by atoms with van der Waals surface area (Å²) in [5, 5.41) is 21.6. The highest BCUT2D eigenvalue weighted by atomic mass is 16.3. The van der Waals surface area contributed by atoms with Gasteiger partial charge in [0.2, 0.25) is 0 Å². The molecule has 0 aromatic heterocycles. The first-order chi connectivity index (χ1) is 13.9. The van der Waals surface area contributed by atoms with E-state index in [1.807, 2.05) is 6.92 Å². The molecule has 3 aliphatic rings. The predicted molar refractivity (Wildman–Crippen MR) is 122 cm³/mol. The zero-order valence-corrected chi connectivity index (χ0v) is 19.2. The lowest BCUT2D eigenvalue weighted by molar-refractivity contribution is -0.0138. The van der Waals surface area contributed by atoms with Gasteiger partial charge in [0.25, 0.3) is 0 Å². The van der Waals surface area contributed by atoms with E-state index < -0.39 is 5.60 Å². The first-order valence-electron chi connectivity index (χ1n) is 12.3. The number of fused-ring (bicyclic) bond motifs is 1. The van der Waals surface area contributed by atoms with Crippen LogP contribution in [0.25, 0.3) is 0 Å². The third-order valence-electron chi connectivity index (χ3n) is 7.93. The van der Waals surface area contributed by atoms with Gasteiger partial charge in [0.1, 0.15) is 0 Å². The molecular weight excluding hydrogens is 358 g/mol. The number of aliphatic hydroxyl groups is 2. The molecule has 3 nitrogen and oxygen atoms in total. The lowest BCUT2D eigenvalue weighted by Crippen LogP contribution is -2.35. The van der Waals surface area contributed by atoms with Crippen LogP contribution >= 0.6 is 0 Å². The number of hydrogen-bond acceptors (Lipinski definition) is 3. The molecule has 0 radical (unpaired) electrons. The molecule has 3 heteroatoms. The third kappa shape index (κ3) is 6.42. The maximum atomic E-state index is 11.0. The Morgan fingerprint density at radius 1 is 1.14 bits per heavy atom. The molecule has 0 aromatic carbocycles. The fourth-order valence-corrected chi connectivity index (χ4v) is 6.10. The van der Waals surface area contributed by atoms with Crippen molar-refractivity contribution in [3.8, 4) is 0 Å². The van der Waals surface area contributed by atoms with Gasteiger partial charge in [-0.1, -0.05) is 49.5 Å². The molecule has 3 rings (SSSR count). The second-order valence-electron chi connectivity index (χ2n) is 10.7. The fourth-order valence-electron chi connectivity index (χ4n) is 6.10. The number of rotatable bonds is 10. The summed E-state index contributed by atoms with van der Waals surface area (Å²) < 4.78 is 0. The van der Waals surface area contributed by atoms with Crippen molar-refractivity contribution in [3.05, 3.63) is 23.8 Å². The van der Waals surface area contributed by atoms with Crippen molar-refractivity contribution in [2.24, 2.45) is 23.7 Å². The Balaban J connectivity index is 1.45. The highest BCUT2D eigenvalue weighted by molar-refractivity contribution is 5.20. The molecule has 2 saturated carbocycles. The molecule has 0 amide bonds. The molecule has 0 saturated heterocycles. The van der Waals surface area contributed by atoms with Crippen molar-refractivity contribution in [2.45, 2.75) is 95.7 Å². The largest absolute Gasteiger partial charge is 0.392 e. The standard InChI is InChI=1S/C26H45NO2/c1-26(29,22-12-7-4-8-13-22)15-10-14-23-24-18-20(17-21(24)19-25(23)28)11-6-5-9-16-27(2)3/h10,14,17,21-25,28-29H,4-9,11-13,15-16,18-19H2,1-3H3/t21-,23+,24-,25+,26-/m0/s1. The zero-order valence-electron chi connectivity index (χ0n) is 19.2. The van der Waals surface area contributed by atoms with E-state index in [9.17, 15) is 10.2 Å². The van der Waals surface area contributed by atoms with Crippen molar-refractivity contribution in [1.29, 1.82) is 0 Å². The van der Waals surface area contributed by atoms with E-state index >= 15 is 0 Å². The first kappa shape index (κ1) is 23.0. The summed E-state index contributed by atoms with van der Waals surface area (Å²) in [6.07, 6.45) is 20.9. The van der Waals surface area contributed by atoms with Gasteiger partial charge < -0.3 is 15.1 Å². The summed E-state index contributed by atoms with van der Waals surface area (Å²) >= 11 is 0. The van der Waals surface area contributed by atoms with Gasteiger partial charge in [0.15, 0.2) is 0 Å². The molecule has 166 valence electrons. The van der Waals surface area contributed by atoms with Gasteiger partial charge in [-0.25, -0.2) is 0 Å². The monoisotopic (exact) mass is 403 g/mol. The Hall–Kier alpha value is -0.640. The van der Waals surface area contributed by atoms with Crippen LogP contribution in [0.2, 0.25) is 0 Å². The van der Waals surface area contributed by atoms with Crippen LogP contribution in [0.15, 0.2) is 23.8 Å². The topological polar surface area (TPSA) is 43.7 Å².